The molecule has 0 amide bonds. The highest BCUT2D eigenvalue weighted by Gasteiger charge is 2.04. The molecule has 0 radical (unpaired) electrons. The van der Waals surface area contributed by atoms with Crippen LogP contribution in [0.5, 0.6) is 0 Å². The summed E-state index contributed by atoms with van der Waals surface area (Å²) in [6.07, 6.45) is 1.07. The van der Waals surface area contributed by atoms with Crippen molar-refractivity contribution >= 4 is 39.0 Å². The summed E-state index contributed by atoms with van der Waals surface area (Å²) in [7, 11) is 0. The van der Waals surface area contributed by atoms with E-state index in [4.69, 9.17) is 10.5 Å². The molecule has 1 aromatic heterocycles. The lowest BCUT2D eigenvalue weighted by atomic mass is 10.3. The summed E-state index contributed by atoms with van der Waals surface area (Å²) >= 11 is 3.44. The molecule has 0 aliphatic heterocycles. The minimum Gasteiger partial charge on any atom is -0.399 e. The molecule has 2 rings (SSSR count). The first kappa shape index (κ1) is 12.7. The monoisotopic (exact) mass is 268 g/mol. The lowest BCUT2D eigenvalue weighted by Crippen LogP contribution is -1.97. The van der Waals surface area contributed by atoms with Gasteiger partial charge in [-0.05, 0) is 24.6 Å². The van der Waals surface area contributed by atoms with Gasteiger partial charge in [0, 0.05) is 18.0 Å². The zero-order chi connectivity index (χ0) is 12.1. The maximum Gasteiger partial charge on any atom is 0.151 e. The van der Waals surface area contributed by atoms with Gasteiger partial charge in [0.15, 0.2) is 4.34 Å². The zero-order valence-electron chi connectivity index (χ0n) is 9.81. The van der Waals surface area contributed by atoms with Gasteiger partial charge in [0.2, 0.25) is 0 Å². The summed E-state index contributed by atoms with van der Waals surface area (Å²) in [6.45, 7) is 3.75. The molecule has 0 fully saturated rings. The van der Waals surface area contributed by atoms with Crippen LogP contribution in [-0.4, -0.2) is 24.0 Å². The summed E-state index contributed by atoms with van der Waals surface area (Å²) < 4.78 is 7.68. The molecule has 1 aromatic carbocycles. The topological polar surface area (TPSA) is 48.1 Å². The maximum absolute atomic E-state index is 5.74. The Morgan fingerprint density at radius 3 is 3.12 bits per heavy atom. The van der Waals surface area contributed by atoms with Gasteiger partial charge in [-0.15, -0.1) is 11.3 Å². The Bertz CT molecular complexity index is 484. The molecule has 2 aromatic rings. The van der Waals surface area contributed by atoms with Gasteiger partial charge in [-0.2, -0.15) is 0 Å². The second kappa shape index (κ2) is 6.23. The first-order chi connectivity index (χ1) is 8.29. The van der Waals surface area contributed by atoms with E-state index in [9.17, 15) is 0 Å². The van der Waals surface area contributed by atoms with Crippen molar-refractivity contribution in [3.63, 3.8) is 0 Å². The van der Waals surface area contributed by atoms with Crippen molar-refractivity contribution in [2.75, 3.05) is 24.7 Å². The van der Waals surface area contributed by atoms with E-state index in [0.29, 0.717) is 0 Å². The molecule has 0 saturated carbocycles. The third-order valence-electron chi connectivity index (χ3n) is 2.19. The number of hydrogen-bond acceptors (Lipinski definition) is 5. The fourth-order valence-electron chi connectivity index (χ4n) is 1.42. The van der Waals surface area contributed by atoms with E-state index in [1.54, 1.807) is 23.1 Å². The molecule has 0 aliphatic rings. The first-order valence-electron chi connectivity index (χ1n) is 5.66. The van der Waals surface area contributed by atoms with Crippen LogP contribution in [0, 0.1) is 0 Å². The van der Waals surface area contributed by atoms with E-state index in [1.165, 1.54) is 0 Å². The fraction of sp³-hybridized carbons (Fsp3) is 0.417. The highest BCUT2D eigenvalue weighted by molar-refractivity contribution is 8.01. The van der Waals surface area contributed by atoms with Crippen LogP contribution in [0.2, 0.25) is 0 Å². The number of hydrogen-bond donors (Lipinski definition) is 1. The molecule has 0 saturated heterocycles. The number of rotatable bonds is 6. The van der Waals surface area contributed by atoms with Crippen LogP contribution in [0.25, 0.3) is 10.2 Å². The molecule has 0 unspecified atom stereocenters. The highest BCUT2D eigenvalue weighted by Crippen LogP contribution is 2.30. The number of ether oxygens (including phenoxy) is 1. The standard InChI is InChI=1S/C12H16N2OS2/c1-2-5-15-6-7-16-12-14-10-4-3-9(13)8-11(10)17-12/h3-4,8H,2,5-7,13H2,1H3. The first-order valence-corrected chi connectivity index (χ1v) is 7.46. The van der Waals surface area contributed by atoms with E-state index in [1.807, 2.05) is 18.2 Å². The second-order valence-electron chi connectivity index (χ2n) is 3.67. The Kier molecular flexibility index (Phi) is 4.65. The molecule has 0 spiro atoms. The number of nitrogen functional groups attached to an aromatic ring is 1. The lowest BCUT2D eigenvalue weighted by molar-refractivity contribution is 0.151. The molecule has 0 bridgehead atoms. The van der Waals surface area contributed by atoms with E-state index in [-0.39, 0.29) is 0 Å². The quantitative estimate of drug-likeness (QED) is 0.495. The molecular weight excluding hydrogens is 252 g/mol. The van der Waals surface area contributed by atoms with Crippen molar-refractivity contribution in [1.29, 1.82) is 0 Å². The van der Waals surface area contributed by atoms with Crippen LogP contribution in [0.3, 0.4) is 0 Å². The number of thiazole rings is 1. The largest absolute Gasteiger partial charge is 0.399 e. The average molecular weight is 268 g/mol. The molecular formula is C12H16N2OS2. The predicted molar refractivity (Wildman–Crippen MR) is 75.9 cm³/mol. The number of nitrogens with zero attached hydrogens (tertiary/aromatic N) is 1. The highest BCUT2D eigenvalue weighted by atomic mass is 32.2. The molecule has 92 valence electrons. The third kappa shape index (κ3) is 3.59. The van der Waals surface area contributed by atoms with Crippen molar-refractivity contribution in [3.8, 4) is 0 Å². The van der Waals surface area contributed by atoms with Crippen molar-refractivity contribution in [2.45, 2.75) is 17.7 Å². The third-order valence-corrected chi connectivity index (χ3v) is 4.32. The van der Waals surface area contributed by atoms with Gasteiger partial charge in [-0.25, -0.2) is 4.98 Å². The van der Waals surface area contributed by atoms with E-state index in [2.05, 4.69) is 11.9 Å². The number of fused-ring (bicyclic) bond motifs is 1. The smallest absolute Gasteiger partial charge is 0.151 e. The lowest BCUT2D eigenvalue weighted by Gasteiger charge is -1.99. The normalized spacial score (nSPS) is 11.1. The number of aromatic nitrogens is 1. The van der Waals surface area contributed by atoms with E-state index >= 15 is 0 Å². The van der Waals surface area contributed by atoms with Crippen molar-refractivity contribution < 1.29 is 4.74 Å². The molecule has 17 heavy (non-hydrogen) atoms. The van der Waals surface area contributed by atoms with Crippen molar-refractivity contribution in [3.05, 3.63) is 18.2 Å². The summed E-state index contributed by atoms with van der Waals surface area (Å²) in [5, 5.41) is 0. The maximum atomic E-state index is 5.74. The Morgan fingerprint density at radius 1 is 1.41 bits per heavy atom. The van der Waals surface area contributed by atoms with Gasteiger partial charge >= 0.3 is 0 Å². The number of nitrogens with two attached hydrogens (primary N) is 1. The van der Waals surface area contributed by atoms with Crippen LogP contribution in [-0.2, 0) is 4.74 Å². The minimum atomic E-state index is 0.788. The molecule has 0 atom stereocenters. The van der Waals surface area contributed by atoms with Crippen molar-refractivity contribution in [1.82, 2.24) is 4.98 Å². The SMILES string of the molecule is CCCOCCSc1nc2ccc(N)cc2s1. The van der Waals surface area contributed by atoms with Crippen LogP contribution < -0.4 is 5.73 Å². The second-order valence-corrected chi connectivity index (χ2v) is 6.04. The van der Waals surface area contributed by atoms with E-state index < -0.39 is 0 Å². The van der Waals surface area contributed by atoms with Gasteiger partial charge < -0.3 is 10.5 Å². The molecule has 2 N–H and O–H groups in total. The Labute approximate surface area is 109 Å². The van der Waals surface area contributed by atoms with Gasteiger partial charge in [0.05, 0.1) is 16.8 Å². The summed E-state index contributed by atoms with van der Waals surface area (Å²) in [4.78, 5) is 4.54. The predicted octanol–water partition coefficient (Wildman–Crippen LogP) is 3.40. The average Bonchev–Trinajstić information content (AvgIpc) is 2.70. The molecule has 5 heteroatoms. The summed E-state index contributed by atoms with van der Waals surface area (Å²) in [5.74, 6) is 0.954. The van der Waals surface area contributed by atoms with Crippen LogP contribution in [0.4, 0.5) is 5.69 Å². The zero-order valence-corrected chi connectivity index (χ0v) is 11.4. The number of benzene rings is 1. The molecule has 0 aliphatic carbocycles. The summed E-state index contributed by atoms with van der Waals surface area (Å²) in [6, 6.07) is 5.84. The van der Waals surface area contributed by atoms with Gasteiger partial charge in [0.25, 0.3) is 0 Å². The molecule has 1 heterocycles. The van der Waals surface area contributed by atoms with Gasteiger partial charge in [-0.1, -0.05) is 18.7 Å². The summed E-state index contributed by atoms with van der Waals surface area (Å²) in [5.41, 5.74) is 7.56. The van der Waals surface area contributed by atoms with E-state index in [0.717, 1.165) is 45.6 Å². The number of thioether (sulfide) groups is 1. The molecule has 3 nitrogen and oxygen atoms in total. The minimum absolute atomic E-state index is 0.788. The number of anilines is 1. The Morgan fingerprint density at radius 2 is 2.29 bits per heavy atom. The van der Waals surface area contributed by atoms with Crippen LogP contribution in [0.1, 0.15) is 13.3 Å². The Hall–Kier alpha value is -0.780. The van der Waals surface area contributed by atoms with Crippen LogP contribution >= 0.6 is 23.1 Å². The van der Waals surface area contributed by atoms with Crippen LogP contribution in [0.15, 0.2) is 22.5 Å². The van der Waals surface area contributed by atoms with Crippen molar-refractivity contribution in [2.24, 2.45) is 0 Å². The van der Waals surface area contributed by atoms with Gasteiger partial charge in [0.1, 0.15) is 0 Å². The fourth-order valence-corrected chi connectivity index (χ4v) is 3.46. The Balaban J connectivity index is 1.91. The van der Waals surface area contributed by atoms with Gasteiger partial charge in [-0.3, -0.25) is 0 Å².